The first-order chi connectivity index (χ1) is 9.95. The van der Waals surface area contributed by atoms with E-state index < -0.39 is 5.82 Å². The summed E-state index contributed by atoms with van der Waals surface area (Å²) in [5, 5.41) is 3.53. The summed E-state index contributed by atoms with van der Waals surface area (Å²) in [5.41, 5.74) is 1.16. The molecule has 3 rings (SSSR count). The Kier molecular flexibility index (Phi) is 3.59. The highest BCUT2D eigenvalue weighted by Gasteiger charge is 2.18. The molecule has 0 bridgehead atoms. The molecule has 0 saturated carbocycles. The predicted octanol–water partition coefficient (Wildman–Crippen LogP) is 3.87. The van der Waals surface area contributed by atoms with Crippen molar-refractivity contribution in [1.82, 2.24) is 19.7 Å². The minimum atomic E-state index is -0.516. The van der Waals surface area contributed by atoms with Crippen LogP contribution in [0.15, 0.2) is 16.7 Å². The van der Waals surface area contributed by atoms with Gasteiger partial charge in [-0.25, -0.2) is 9.37 Å². The smallest absolute Gasteiger partial charge is 0.223 e. The summed E-state index contributed by atoms with van der Waals surface area (Å²) in [6.45, 7) is 3.82. The number of aryl methyl sites for hydroxylation is 1. The zero-order chi connectivity index (χ0) is 15.1. The molecule has 0 radical (unpaired) electrons. The molecule has 0 amide bonds. The molecule has 3 aromatic rings. The van der Waals surface area contributed by atoms with Gasteiger partial charge < -0.3 is 9.09 Å². The molecular formula is C13H11Cl2FN4O. The van der Waals surface area contributed by atoms with Gasteiger partial charge in [-0.1, -0.05) is 16.8 Å². The molecule has 0 fully saturated rings. The summed E-state index contributed by atoms with van der Waals surface area (Å²) < 4.78 is 20.3. The molecule has 1 aromatic carbocycles. The van der Waals surface area contributed by atoms with Crippen molar-refractivity contribution < 1.29 is 8.91 Å². The molecule has 0 aliphatic heterocycles. The molecule has 5 nitrogen and oxygen atoms in total. The molecule has 2 aromatic heterocycles. The standard InChI is InChI=1S/C13H11Cl2FN4O/c1-6(14)13-18-10-4-9(16)8(15)3-11(10)20(13)5-12-17-7(2)21-19-12/h3-4,6H,5H2,1-2H3. The van der Waals surface area contributed by atoms with E-state index in [9.17, 15) is 4.39 Å². The van der Waals surface area contributed by atoms with Gasteiger partial charge in [0, 0.05) is 13.0 Å². The highest BCUT2D eigenvalue weighted by atomic mass is 35.5. The second kappa shape index (κ2) is 5.27. The molecule has 110 valence electrons. The van der Waals surface area contributed by atoms with Crippen molar-refractivity contribution in [3.05, 3.63) is 40.5 Å². The van der Waals surface area contributed by atoms with E-state index in [4.69, 9.17) is 27.7 Å². The Balaban J connectivity index is 2.17. The summed E-state index contributed by atoms with van der Waals surface area (Å²) >= 11 is 12.0. The van der Waals surface area contributed by atoms with Crippen LogP contribution in [0.5, 0.6) is 0 Å². The minimum Gasteiger partial charge on any atom is -0.340 e. The summed E-state index contributed by atoms with van der Waals surface area (Å²) in [7, 11) is 0. The Morgan fingerprint density at radius 1 is 1.38 bits per heavy atom. The van der Waals surface area contributed by atoms with Crippen LogP contribution in [0.1, 0.15) is 29.8 Å². The van der Waals surface area contributed by atoms with E-state index in [2.05, 4.69) is 15.1 Å². The van der Waals surface area contributed by atoms with Crippen molar-refractivity contribution in [2.75, 3.05) is 0 Å². The molecule has 0 spiro atoms. The summed E-state index contributed by atoms with van der Waals surface area (Å²) in [5.74, 6) is 1.04. The van der Waals surface area contributed by atoms with E-state index >= 15 is 0 Å². The van der Waals surface area contributed by atoms with Crippen LogP contribution in [0.4, 0.5) is 4.39 Å². The molecular weight excluding hydrogens is 318 g/mol. The fourth-order valence-corrected chi connectivity index (χ4v) is 2.48. The second-order valence-electron chi connectivity index (χ2n) is 4.66. The lowest BCUT2D eigenvalue weighted by Crippen LogP contribution is -2.07. The summed E-state index contributed by atoms with van der Waals surface area (Å²) in [6.07, 6.45) is 0. The molecule has 21 heavy (non-hydrogen) atoms. The van der Waals surface area contributed by atoms with Crippen LogP contribution < -0.4 is 0 Å². The Bertz CT molecular complexity index is 812. The lowest BCUT2D eigenvalue weighted by atomic mass is 10.3. The first-order valence-electron chi connectivity index (χ1n) is 6.24. The number of alkyl halides is 1. The number of fused-ring (bicyclic) bond motifs is 1. The molecule has 1 atom stereocenters. The number of benzene rings is 1. The summed E-state index contributed by atoms with van der Waals surface area (Å²) in [6, 6.07) is 2.81. The molecule has 0 N–H and O–H groups in total. The SMILES string of the molecule is Cc1nc(Cn2c(C(C)Cl)nc3cc(F)c(Cl)cc32)no1. The molecule has 1 unspecified atom stereocenters. The van der Waals surface area contributed by atoms with E-state index in [1.807, 2.05) is 4.57 Å². The first kappa shape index (κ1) is 14.3. The van der Waals surface area contributed by atoms with E-state index in [0.717, 1.165) is 0 Å². The largest absolute Gasteiger partial charge is 0.340 e. The number of hydrogen-bond donors (Lipinski definition) is 0. The lowest BCUT2D eigenvalue weighted by molar-refractivity contribution is 0.386. The number of imidazole rings is 1. The van der Waals surface area contributed by atoms with Gasteiger partial charge >= 0.3 is 0 Å². The van der Waals surface area contributed by atoms with Crippen LogP contribution in [0.25, 0.3) is 11.0 Å². The van der Waals surface area contributed by atoms with Crippen LogP contribution in [0.2, 0.25) is 5.02 Å². The Morgan fingerprint density at radius 3 is 2.76 bits per heavy atom. The second-order valence-corrected chi connectivity index (χ2v) is 5.72. The Hall–Kier alpha value is -1.66. The maximum Gasteiger partial charge on any atom is 0.223 e. The van der Waals surface area contributed by atoms with Gasteiger partial charge in [-0.2, -0.15) is 4.98 Å². The van der Waals surface area contributed by atoms with Gasteiger partial charge in [-0.15, -0.1) is 11.6 Å². The Morgan fingerprint density at radius 2 is 2.14 bits per heavy atom. The number of nitrogens with zero attached hydrogens (tertiary/aromatic N) is 4. The highest BCUT2D eigenvalue weighted by Crippen LogP contribution is 2.28. The molecule has 0 aliphatic carbocycles. The van der Waals surface area contributed by atoms with Crippen LogP contribution in [0, 0.1) is 12.7 Å². The van der Waals surface area contributed by atoms with Gasteiger partial charge in [0.1, 0.15) is 11.6 Å². The van der Waals surface area contributed by atoms with Gasteiger partial charge in [0.15, 0.2) is 5.82 Å². The molecule has 8 heteroatoms. The summed E-state index contributed by atoms with van der Waals surface area (Å²) in [4.78, 5) is 8.52. The number of rotatable bonds is 3. The average molecular weight is 329 g/mol. The zero-order valence-corrected chi connectivity index (χ0v) is 12.8. The molecule has 0 aliphatic rings. The van der Waals surface area contributed by atoms with Crippen LogP contribution in [-0.2, 0) is 6.54 Å². The van der Waals surface area contributed by atoms with Gasteiger partial charge in [-0.05, 0) is 13.0 Å². The fraction of sp³-hybridized carbons (Fsp3) is 0.308. The van der Waals surface area contributed by atoms with Crippen molar-refractivity contribution >= 4 is 34.2 Å². The van der Waals surface area contributed by atoms with Gasteiger partial charge in [0.05, 0.1) is 28.0 Å². The third kappa shape index (κ3) is 2.61. The van der Waals surface area contributed by atoms with E-state index in [-0.39, 0.29) is 10.4 Å². The maximum absolute atomic E-state index is 13.6. The van der Waals surface area contributed by atoms with Gasteiger partial charge in [0.25, 0.3) is 0 Å². The van der Waals surface area contributed by atoms with Crippen LogP contribution in [-0.4, -0.2) is 19.7 Å². The monoisotopic (exact) mass is 328 g/mol. The quantitative estimate of drug-likeness (QED) is 0.685. The van der Waals surface area contributed by atoms with Crippen molar-refractivity contribution in [2.45, 2.75) is 25.8 Å². The average Bonchev–Trinajstić information content (AvgIpc) is 2.96. The topological polar surface area (TPSA) is 56.7 Å². The third-order valence-corrected chi connectivity index (χ3v) is 3.53. The Labute approximate surface area is 129 Å². The van der Waals surface area contributed by atoms with E-state index in [0.29, 0.717) is 35.1 Å². The van der Waals surface area contributed by atoms with E-state index in [1.165, 1.54) is 12.1 Å². The van der Waals surface area contributed by atoms with Gasteiger partial charge in [-0.3, -0.25) is 0 Å². The minimum absolute atomic E-state index is 0.0294. The van der Waals surface area contributed by atoms with Gasteiger partial charge in [0.2, 0.25) is 5.89 Å². The van der Waals surface area contributed by atoms with Crippen molar-refractivity contribution in [3.63, 3.8) is 0 Å². The predicted molar refractivity (Wildman–Crippen MR) is 77.1 cm³/mol. The highest BCUT2D eigenvalue weighted by molar-refractivity contribution is 6.31. The molecule has 2 heterocycles. The zero-order valence-electron chi connectivity index (χ0n) is 11.3. The third-order valence-electron chi connectivity index (χ3n) is 3.04. The normalized spacial score (nSPS) is 13.0. The number of aromatic nitrogens is 4. The van der Waals surface area contributed by atoms with Crippen molar-refractivity contribution in [1.29, 1.82) is 0 Å². The van der Waals surface area contributed by atoms with Crippen molar-refractivity contribution in [2.24, 2.45) is 0 Å². The number of halogens is 3. The molecule has 0 saturated heterocycles. The van der Waals surface area contributed by atoms with Crippen LogP contribution >= 0.6 is 23.2 Å². The maximum atomic E-state index is 13.6. The van der Waals surface area contributed by atoms with E-state index in [1.54, 1.807) is 13.8 Å². The number of hydrogen-bond acceptors (Lipinski definition) is 4. The fourth-order valence-electron chi connectivity index (χ4n) is 2.16. The van der Waals surface area contributed by atoms with Crippen LogP contribution in [0.3, 0.4) is 0 Å². The first-order valence-corrected chi connectivity index (χ1v) is 7.05. The lowest BCUT2D eigenvalue weighted by Gasteiger charge is -2.08. The van der Waals surface area contributed by atoms with Crippen molar-refractivity contribution in [3.8, 4) is 0 Å².